The number of hydrogen-bond acceptors (Lipinski definition) is 6. The molecule has 2 fully saturated rings. The van der Waals surface area contributed by atoms with Crippen LogP contribution in [0.5, 0.6) is 5.75 Å². The molecule has 8 nitrogen and oxygen atoms in total. The first-order chi connectivity index (χ1) is 15.2. The van der Waals surface area contributed by atoms with Crippen molar-refractivity contribution in [1.29, 1.82) is 0 Å². The van der Waals surface area contributed by atoms with E-state index in [1.165, 1.54) is 0 Å². The fourth-order valence-electron chi connectivity index (χ4n) is 4.38. The van der Waals surface area contributed by atoms with Crippen LogP contribution in [0.25, 0.3) is 0 Å². The van der Waals surface area contributed by atoms with Crippen LogP contribution in [-0.4, -0.2) is 105 Å². The zero-order valence-electron chi connectivity index (χ0n) is 20.1. The number of nitrogens with one attached hydrogen (secondary N) is 1. The number of para-hydroxylation sites is 2. The molecule has 2 saturated heterocycles. The van der Waals surface area contributed by atoms with E-state index in [2.05, 4.69) is 26.1 Å². The molecular formula is C24H39N5O3. The van der Waals surface area contributed by atoms with Crippen molar-refractivity contribution in [2.75, 3.05) is 77.5 Å². The van der Waals surface area contributed by atoms with Crippen LogP contribution in [0.2, 0.25) is 0 Å². The van der Waals surface area contributed by atoms with Gasteiger partial charge in [0.1, 0.15) is 5.75 Å². The minimum atomic E-state index is -0.211. The third-order valence-corrected chi connectivity index (χ3v) is 5.98. The van der Waals surface area contributed by atoms with Crippen LogP contribution < -0.4 is 15.0 Å². The molecule has 0 atom stereocenters. The van der Waals surface area contributed by atoms with E-state index in [1.54, 1.807) is 7.11 Å². The Labute approximate surface area is 192 Å². The van der Waals surface area contributed by atoms with Crippen molar-refractivity contribution in [2.45, 2.75) is 32.7 Å². The quantitative estimate of drug-likeness (QED) is 0.711. The van der Waals surface area contributed by atoms with Crippen molar-refractivity contribution < 1.29 is 14.3 Å². The summed E-state index contributed by atoms with van der Waals surface area (Å²) in [5, 5.41) is 3.03. The van der Waals surface area contributed by atoms with Gasteiger partial charge in [0, 0.05) is 44.8 Å². The summed E-state index contributed by atoms with van der Waals surface area (Å²) < 4.78 is 5.48. The molecule has 0 saturated carbocycles. The van der Waals surface area contributed by atoms with Crippen LogP contribution in [0.4, 0.5) is 5.69 Å². The first kappa shape index (κ1) is 24.3. The van der Waals surface area contributed by atoms with Crippen molar-refractivity contribution in [3.05, 3.63) is 24.3 Å². The highest BCUT2D eigenvalue weighted by Gasteiger charge is 2.25. The Hall–Kier alpha value is -2.32. The molecule has 0 radical (unpaired) electrons. The molecule has 1 aromatic carbocycles. The molecule has 2 heterocycles. The lowest BCUT2D eigenvalue weighted by Crippen LogP contribution is -2.51. The standard InChI is InChI=1S/C24H39N5O3/c1-24(2,3)25-22(30)18-26-10-7-11-27(13-12-26)19-23(31)29-16-14-28(15-17-29)20-8-5-6-9-21(20)32-4/h5-6,8-9H,7,10-19H2,1-4H3,(H,25,30). The maximum atomic E-state index is 12.9. The van der Waals surface area contributed by atoms with Gasteiger partial charge in [0.15, 0.2) is 0 Å². The molecule has 0 bridgehead atoms. The monoisotopic (exact) mass is 445 g/mol. The van der Waals surface area contributed by atoms with Gasteiger partial charge in [-0.05, 0) is 52.4 Å². The molecule has 2 amide bonds. The average Bonchev–Trinajstić information content (AvgIpc) is 2.97. The molecule has 0 unspecified atom stereocenters. The largest absolute Gasteiger partial charge is 0.495 e. The molecule has 1 aromatic rings. The molecular weight excluding hydrogens is 406 g/mol. The Morgan fingerprint density at radius 3 is 2.16 bits per heavy atom. The lowest BCUT2D eigenvalue weighted by molar-refractivity contribution is -0.132. The van der Waals surface area contributed by atoms with Crippen molar-refractivity contribution >= 4 is 17.5 Å². The summed E-state index contributed by atoms with van der Waals surface area (Å²) in [5.74, 6) is 1.14. The van der Waals surface area contributed by atoms with Gasteiger partial charge < -0.3 is 19.9 Å². The molecule has 0 aromatic heterocycles. The molecule has 8 heteroatoms. The number of rotatable bonds is 6. The van der Waals surface area contributed by atoms with Gasteiger partial charge in [-0.3, -0.25) is 19.4 Å². The number of carbonyl (C=O) groups is 2. The van der Waals surface area contributed by atoms with E-state index in [0.29, 0.717) is 13.1 Å². The summed E-state index contributed by atoms with van der Waals surface area (Å²) in [6.07, 6.45) is 0.970. The smallest absolute Gasteiger partial charge is 0.236 e. The Bertz CT molecular complexity index is 771. The third kappa shape index (κ3) is 7.10. The van der Waals surface area contributed by atoms with Crippen LogP contribution in [0.1, 0.15) is 27.2 Å². The predicted octanol–water partition coefficient (Wildman–Crippen LogP) is 1.27. The summed E-state index contributed by atoms with van der Waals surface area (Å²) in [4.78, 5) is 33.8. The number of nitrogens with zero attached hydrogens (tertiary/aromatic N) is 4. The Kier molecular flexibility index (Phi) is 8.37. The summed E-state index contributed by atoms with van der Waals surface area (Å²) in [7, 11) is 1.69. The van der Waals surface area contributed by atoms with E-state index in [9.17, 15) is 9.59 Å². The van der Waals surface area contributed by atoms with Crippen LogP contribution in [0, 0.1) is 0 Å². The summed E-state index contributed by atoms with van der Waals surface area (Å²) in [6, 6.07) is 8.04. The number of hydrogen-bond donors (Lipinski definition) is 1. The number of benzene rings is 1. The van der Waals surface area contributed by atoms with Crippen molar-refractivity contribution in [3.63, 3.8) is 0 Å². The molecule has 2 aliphatic rings. The van der Waals surface area contributed by atoms with Crippen LogP contribution in [0.15, 0.2) is 24.3 Å². The van der Waals surface area contributed by atoms with E-state index < -0.39 is 0 Å². The number of ether oxygens (including phenoxy) is 1. The van der Waals surface area contributed by atoms with Crippen molar-refractivity contribution in [1.82, 2.24) is 20.0 Å². The molecule has 2 aliphatic heterocycles. The second kappa shape index (κ2) is 11.0. The highest BCUT2D eigenvalue weighted by molar-refractivity contribution is 5.79. The Morgan fingerprint density at radius 1 is 0.906 bits per heavy atom. The number of carbonyl (C=O) groups excluding carboxylic acids is 2. The van der Waals surface area contributed by atoms with Crippen LogP contribution in [-0.2, 0) is 9.59 Å². The third-order valence-electron chi connectivity index (χ3n) is 5.98. The zero-order chi connectivity index (χ0) is 23.1. The van der Waals surface area contributed by atoms with Gasteiger partial charge in [0.2, 0.25) is 11.8 Å². The molecule has 178 valence electrons. The van der Waals surface area contributed by atoms with E-state index in [0.717, 1.165) is 70.2 Å². The normalized spacial score (nSPS) is 18.9. The predicted molar refractivity (Wildman–Crippen MR) is 127 cm³/mol. The fourth-order valence-corrected chi connectivity index (χ4v) is 4.38. The van der Waals surface area contributed by atoms with E-state index in [4.69, 9.17) is 4.74 Å². The van der Waals surface area contributed by atoms with Crippen LogP contribution >= 0.6 is 0 Å². The maximum Gasteiger partial charge on any atom is 0.236 e. The number of anilines is 1. The fraction of sp³-hybridized carbons (Fsp3) is 0.667. The number of amides is 2. The van der Waals surface area contributed by atoms with Gasteiger partial charge in [0.25, 0.3) is 0 Å². The van der Waals surface area contributed by atoms with Crippen molar-refractivity contribution in [3.8, 4) is 5.75 Å². The van der Waals surface area contributed by atoms with Crippen LogP contribution in [0.3, 0.4) is 0 Å². The SMILES string of the molecule is COc1ccccc1N1CCN(C(=O)CN2CCCN(CC(=O)NC(C)(C)C)CC2)CC1. The minimum Gasteiger partial charge on any atom is -0.495 e. The highest BCUT2D eigenvalue weighted by Crippen LogP contribution is 2.28. The van der Waals surface area contributed by atoms with Gasteiger partial charge in [-0.15, -0.1) is 0 Å². The first-order valence-electron chi connectivity index (χ1n) is 11.7. The van der Waals surface area contributed by atoms with E-state index in [-0.39, 0.29) is 17.4 Å². The molecule has 0 spiro atoms. The van der Waals surface area contributed by atoms with Gasteiger partial charge in [-0.1, -0.05) is 12.1 Å². The summed E-state index contributed by atoms with van der Waals surface area (Å²) >= 11 is 0. The zero-order valence-corrected chi connectivity index (χ0v) is 20.1. The summed E-state index contributed by atoms with van der Waals surface area (Å²) in [6.45, 7) is 13.3. The van der Waals surface area contributed by atoms with Gasteiger partial charge in [-0.2, -0.15) is 0 Å². The Balaban J connectivity index is 1.43. The summed E-state index contributed by atoms with van der Waals surface area (Å²) in [5.41, 5.74) is 0.877. The van der Waals surface area contributed by atoms with E-state index in [1.807, 2.05) is 43.9 Å². The minimum absolute atomic E-state index is 0.0648. The number of methoxy groups -OCH3 is 1. The lowest BCUT2D eigenvalue weighted by Gasteiger charge is -2.37. The average molecular weight is 446 g/mol. The van der Waals surface area contributed by atoms with E-state index >= 15 is 0 Å². The highest BCUT2D eigenvalue weighted by atomic mass is 16.5. The second-order valence-electron chi connectivity index (χ2n) is 9.74. The molecule has 32 heavy (non-hydrogen) atoms. The lowest BCUT2D eigenvalue weighted by atomic mass is 10.1. The van der Waals surface area contributed by atoms with Gasteiger partial charge in [0.05, 0.1) is 25.9 Å². The topological polar surface area (TPSA) is 68.4 Å². The molecule has 3 rings (SSSR count). The molecule has 0 aliphatic carbocycles. The maximum absolute atomic E-state index is 12.9. The Morgan fingerprint density at radius 2 is 1.53 bits per heavy atom. The van der Waals surface area contributed by atoms with Crippen molar-refractivity contribution in [2.24, 2.45) is 0 Å². The number of piperazine rings is 1. The molecule has 1 N–H and O–H groups in total. The first-order valence-corrected chi connectivity index (χ1v) is 11.7. The van der Waals surface area contributed by atoms with Gasteiger partial charge in [-0.25, -0.2) is 0 Å². The van der Waals surface area contributed by atoms with Gasteiger partial charge >= 0.3 is 0 Å². The second-order valence-corrected chi connectivity index (χ2v) is 9.74.